The molecule has 1 aromatic rings. The molecule has 108 valence electrons. The first kappa shape index (κ1) is 16.9. The van der Waals surface area contributed by atoms with Crippen molar-refractivity contribution in [2.45, 2.75) is 23.7 Å². The molecule has 0 aliphatic rings. The SMILES string of the molecule is CCOC(=O)Cc1cc(Br)c(SC(F)(F)F)cc1C#N. The zero-order valence-electron chi connectivity index (χ0n) is 10.3. The van der Waals surface area contributed by atoms with Crippen molar-refractivity contribution in [1.29, 1.82) is 5.26 Å². The van der Waals surface area contributed by atoms with Crippen LogP contribution in [0.1, 0.15) is 18.1 Å². The lowest BCUT2D eigenvalue weighted by Gasteiger charge is -2.11. The van der Waals surface area contributed by atoms with Gasteiger partial charge in [0.05, 0.1) is 24.7 Å². The van der Waals surface area contributed by atoms with E-state index >= 15 is 0 Å². The predicted molar refractivity (Wildman–Crippen MR) is 71.1 cm³/mol. The monoisotopic (exact) mass is 367 g/mol. The number of nitriles is 1. The Morgan fingerprint density at radius 3 is 2.65 bits per heavy atom. The molecule has 0 atom stereocenters. The number of hydrogen-bond donors (Lipinski definition) is 0. The van der Waals surface area contributed by atoms with Gasteiger partial charge in [0.1, 0.15) is 0 Å². The minimum absolute atomic E-state index is 0.0213. The Morgan fingerprint density at radius 1 is 1.50 bits per heavy atom. The van der Waals surface area contributed by atoms with E-state index in [4.69, 9.17) is 10.00 Å². The van der Waals surface area contributed by atoms with E-state index in [2.05, 4.69) is 15.9 Å². The molecular weight excluding hydrogens is 359 g/mol. The summed E-state index contributed by atoms with van der Waals surface area (Å²) in [5.74, 6) is -0.535. The topological polar surface area (TPSA) is 50.1 Å². The van der Waals surface area contributed by atoms with Crippen LogP contribution in [-0.2, 0) is 16.0 Å². The molecule has 0 aliphatic heterocycles. The molecule has 0 saturated heterocycles. The second-order valence-corrected chi connectivity index (χ2v) is 5.54. The number of alkyl halides is 3. The molecule has 0 aromatic heterocycles. The molecule has 0 spiro atoms. The van der Waals surface area contributed by atoms with Crippen molar-refractivity contribution in [1.82, 2.24) is 0 Å². The molecule has 1 aromatic carbocycles. The number of thioether (sulfide) groups is 1. The molecule has 0 fully saturated rings. The summed E-state index contributed by atoms with van der Waals surface area (Å²) in [5, 5.41) is 8.97. The van der Waals surface area contributed by atoms with Crippen LogP contribution in [0.25, 0.3) is 0 Å². The predicted octanol–water partition coefficient (Wildman–Crippen LogP) is 4.04. The molecule has 0 heterocycles. The fourth-order valence-corrected chi connectivity index (χ4v) is 2.63. The van der Waals surface area contributed by atoms with Crippen molar-refractivity contribution in [3.8, 4) is 6.07 Å². The number of benzene rings is 1. The van der Waals surface area contributed by atoms with E-state index < -0.39 is 11.5 Å². The van der Waals surface area contributed by atoms with Crippen molar-refractivity contribution >= 4 is 33.7 Å². The number of carbonyl (C=O) groups excluding carboxylic acids is 1. The summed E-state index contributed by atoms with van der Waals surface area (Å²) in [7, 11) is 0. The maximum Gasteiger partial charge on any atom is 0.446 e. The number of carbonyl (C=O) groups is 1. The quantitative estimate of drug-likeness (QED) is 0.595. The van der Waals surface area contributed by atoms with Crippen LogP contribution in [-0.4, -0.2) is 18.1 Å². The van der Waals surface area contributed by atoms with E-state index in [1.54, 1.807) is 13.0 Å². The number of rotatable bonds is 4. The summed E-state index contributed by atoms with van der Waals surface area (Å²) >= 11 is 2.69. The largest absolute Gasteiger partial charge is 0.466 e. The molecule has 3 nitrogen and oxygen atoms in total. The average molecular weight is 368 g/mol. The summed E-state index contributed by atoms with van der Waals surface area (Å²) in [4.78, 5) is 11.3. The van der Waals surface area contributed by atoms with E-state index in [-0.39, 0.29) is 39.7 Å². The van der Waals surface area contributed by atoms with Gasteiger partial charge in [0, 0.05) is 9.37 Å². The average Bonchev–Trinajstić information content (AvgIpc) is 2.31. The molecule has 0 N–H and O–H groups in total. The number of hydrogen-bond acceptors (Lipinski definition) is 4. The summed E-state index contributed by atoms with van der Waals surface area (Å²) in [6.07, 6.45) is -0.160. The first-order chi connectivity index (χ1) is 9.26. The van der Waals surface area contributed by atoms with Crippen molar-refractivity contribution < 1.29 is 22.7 Å². The molecule has 0 bridgehead atoms. The molecule has 0 amide bonds. The van der Waals surface area contributed by atoms with Gasteiger partial charge in [-0.2, -0.15) is 18.4 Å². The Morgan fingerprint density at radius 2 is 2.15 bits per heavy atom. The Hall–Kier alpha value is -1.20. The van der Waals surface area contributed by atoms with Crippen LogP contribution in [0.2, 0.25) is 0 Å². The van der Waals surface area contributed by atoms with E-state index in [9.17, 15) is 18.0 Å². The van der Waals surface area contributed by atoms with Crippen molar-refractivity contribution in [2.75, 3.05) is 6.61 Å². The molecular formula is C12H9BrF3NO2S. The van der Waals surface area contributed by atoms with E-state index in [1.165, 1.54) is 6.07 Å². The van der Waals surface area contributed by atoms with Crippen LogP contribution in [0, 0.1) is 11.3 Å². The van der Waals surface area contributed by atoms with Crippen LogP contribution in [0.15, 0.2) is 21.5 Å². The Kier molecular flexibility index (Phi) is 5.89. The third-order valence-corrected chi connectivity index (χ3v) is 3.85. The van der Waals surface area contributed by atoms with Crippen LogP contribution < -0.4 is 0 Å². The molecule has 0 aliphatic carbocycles. The number of halogens is 4. The van der Waals surface area contributed by atoms with E-state index in [0.29, 0.717) is 5.56 Å². The standard InChI is InChI=1S/C12H9BrF3NO2S/c1-2-19-11(18)5-7-3-9(13)10(4-8(7)6-17)20-12(14,15)16/h3-4H,2,5H2,1H3. The van der Waals surface area contributed by atoms with Gasteiger partial charge >= 0.3 is 11.5 Å². The Labute approximate surface area is 126 Å². The van der Waals surface area contributed by atoms with Gasteiger partial charge < -0.3 is 4.74 Å². The lowest BCUT2D eigenvalue weighted by atomic mass is 10.1. The van der Waals surface area contributed by atoms with Gasteiger partial charge in [0.15, 0.2) is 0 Å². The van der Waals surface area contributed by atoms with Gasteiger partial charge in [-0.1, -0.05) is 0 Å². The third-order valence-electron chi connectivity index (χ3n) is 2.14. The molecule has 0 radical (unpaired) electrons. The highest BCUT2D eigenvalue weighted by molar-refractivity contribution is 9.10. The van der Waals surface area contributed by atoms with Crippen molar-refractivity contribution in [2.24, 2.45) is 0 Å². The number of esters is 1. The van der Waals surface area contributed by atoms with Crippen LogP contribution >= 0.6 is 27.7 Å². The van der Waals surface area contributed by atoms with Gasteiger partial charge in [-0.15, -0.1) is 0 Å². The Balaban J connectivity index is 3.08. The third kappa shape index (κ3) is 5.06. The zero-order chi connectivity index (χ0) is 15.3. The lowest BCUT2D eigenvalue weighted by molar-refractivity contribution is -0.142. The second kappa shape index (κ2) is 6.99. The second-order valence-electron chi connectivity index (χ2n) is 3.58. The van der Waals surface area contributed by atoms with Gasteiger partial charge in [-0.05, 0) is 52.3 Å². The van der Waals surface area contributed by atoms with Gasteiger partial charge in [-0.3, -0.25) is 4.79 Å². The summed E-state index contributed by atoms with van der Waals surface area (Å²) < 4.78 is 42.0. The van der Waals surface area contributed by atoms with Gasteiger partial charge in [0.25, 0.3) is 0 Å². The molecule has 1 rings (SSSR count). The maximum absolute atomic E-state index is 12.4. The van der Waals surface area contributed by atoms with Crippen molar-refractivity contribution in [3.05, 3.63) is 27.7 Å². The summed E-state index contributed by atoms with van der Waals surface area (Å²) in [5.41, 5.74) is -4.10. The highest BCUT2D eigenvalue weighted by atomic mass is 79.9. The van der Waals surface area contributed by atoms with Crippen LogP contribution in [0.5, 0.6) is 0 Å². The fourth-order valence-electron chi connectivity index (χ4n) is 1.42. The number of nitrogens with zero attached hydrogens (tertiary/aromatic N) is 1. The molecule has 0 saturated carbocycles. The van der Waals surface area contributed by atoms with E-state index in [0.717, 1.165) is 6.07 Å². The maximum atomic E-state index is 12.4. The number of ether oxygens (including phenoxy) is 1. The summed E-state index contributed by atoms with van der Waals surface area (Å²) in [6.45, 7) is 1.84. The molecule has 20 heavy (non-hydrogen) atoms. The van der Waals surface area contributed by atoms with Gasteiger partial charge in [-0.25, -0.2) is 0 Å². The lowest BCUT2D eigenvalue weighted by Crippen LogP contribution is -2.09. The van der Waals surface area contributed by atoms with Crippen molar-refractivity contribution in [3.63, 3.8) is 0 Å². The fraction of sp³-hybridized carbons (Fsp3) is 0.333. The first-order valence-corrected chi connectivity index (χ1v) is 7.01. The highest BCUT2D eigenvalue weighted by Gasteiger charge is 2.30. The minimum Gasteiger partial charge on any atom is -0.466 e. The molecule has 8 heteroatoms. The summed E-state index contributed by atoms with van der Waals surface area (Å²) in [6, 6.07) is 4.23. The normalized spacial score (nSPS) is 11.0. The molecule has 0 unspecified atom stereocenters. The smallest absolute Gasteiger partial charge is 0.446 e. The highest BCUT2D eigenvalue weighted by Crippen LogP contribution is 2.41. The van der Waals surface area contributed by atoms with E-state index in [1.807, 2.05) is 0 Å². The zero-order valence-corrected chi connectivity index (χ0v) is 12.7. The minimum atomic E-state index is -4.45. The van der Waals surface area contributed by atoms with Crippen LogP contribution in [0.4, 0.5) is 13.2 Å². The van der Waals surface area contributed by atoms with Crippen LogP contribution in [0.3, 0.4) is 0 Å². The first-order valence-electron chi connectivity index (χ1n) is 5.40. The Bertz CT molecular complexity index is 555. The van der Waals surface area contributed by atoms with Gasteiger partial charge in [0.2, 0.25) is 0 Å².